The molecule has 140 valence electrons. The highest BCUT2D eigenvalue weighted by molar-refractivity contribution is 5.81. The molecule has 4 aromatic rings. The maximum atomic E-state index is 5.82. The number of H-pyrrole nitrogens is 1. The van der Waals surface area contributed by atoms with Crippen molar-refractivity contribution in [1.29, 1.82) is 0 Å². The molecule has 27 heavy (non-hydrogen) atoms. The molecule has 0 aromatic carbocycles. The molecule has 3 N–H and O–H groups in total. The van der Waals surface area contributed by atoms with Crippen LogP contribution < -0.4 is 5.73 Å². The van der Waals surface area contributed by atoms with Crippen LogP contribution in [0.1, 0.15) is 50.7 Å². The molecule has 5 nitrogen and oxygen atoms in total. The fraction of sp³-hybridized carbons (Fsp3) is 0.364. The Morgan fingerprint density at radius 1 is 1.19 bits per heavy atom. The first-order valence-electron chi connectivity index (χ1n) is 9.44. The Labute approximate surface area is 159 Å². The third-order valence-electron chi connectivity index (χ3n) is 5.46. The van der Waals surface area contributed by atoms with Gasteiger partial charge in [-0.3, -0.25) is 4.98 Å². The molecule has 4 heterocycles. The average Bonchev–Trinajstić information content (AvgIpc) is 3.16. The predicted octanol–water partition coefficient (Wildman–Crippen LogP) is 4.68. The number of aromatic nitrogens is 4. The molecule has 0 unspecified atom stereocenters. The van der Waals surface area contributed by atoms with Gasteiger partial charge in [-0.15, -0.1) is 0 Å². The normalized spacial score (nSPS) is 12.5. The summed E-state index contributed by atoms with van der Waals surface area (Å²) in [5.74, 6) is 1.04. The zero-order valence-corrected chi connectivity index (χ0v) is 16.7. The van der Waals surface area contributed by atoms with Crippen molar-refractivity contribution >= 4 is 27.8 Å². The van der Waals surface area contributed by atoms with Crippen LogP contribution in [0.4, 0.5) is 5.82 Å². The van der Waals surface area contributed by atoms with Crippen LogP contribution in [-0.2, 0) is 18.9 Å². The summed E-state index contributed by atoms with van der Waals surface area (Å²) in [7, 11) is 2.14. The third-order valence-corrected chi connectivity index (χ3v) is 5.46. The minimum absolute atomic E-state index is 0.0951. The first-order chi connectivity index (χ1) is 12.7. The Hall–Kier alpha value is -2.82. The van der Waals surface area contributed by atoms with E-state index in [2.05, 4.69) is 67.5 Å². The number of nitrogens with two attached hydrogens (primary N) is 1. The van der Waals surface area contributed by atoms with E-state index in [-0.39, 0.29) is 5.41 Å². The number of fused-ring (bicyclic) bond motifs is 2. The van der Waals surface area contributed by atoms with Gasteiger partial charge in [0.15, 0.2) is 0 Å². The summed E-state index contributed by atoms with van der Waals surface area (Å²) < 4.78 is 2.29. The second-order valence-electron chi connectivity index (χ2n) is 8.43. The second-order valence-corrected chi connectivity index (χ2v) is 8.43. The molecule has 0 saturated heterocycles. The zero-order valence-electron chi connectivity index (χ0n) is 16.7. The lowest BCUT2D eigenvalue weighted by Crippen LogP contribution is -2.21. The minimum atomic E-state index is -0.0951. The van der Waals surface area contributed by atoms with Gasteiger partial charge in [-0.2, -0.15) is 0 Å². The van der Waals surface area contributed by atoms with Gasteiger partial charge in [0.05, 0.1) is 16.6 Å². The highest BCUT2D eigenvalue weighted by Crippen LogP contribution is 2.31. The number of pyridine rings is 2. The largest absolute Gasteiger partial charge is 0.384 e. The smallest absolute Gasteiger partial charge is 0.124 e. The summed E-state index contributed by atoms with van der Waals surface area (Å²) >= 11 is 0. The van der Waals surface area contributed by atoms with Gasteiger partial charge < -0.3 is 15.3 Å². The van der Waals surface area contributed by atoms with Crippen LogP contribution in [0.15, 0.2) is 36.5 Å². The number of hydrogen-bond acceptors (Lipinski definition) is 3. The van der Waals surface area contributed by atoms with E-state index < -0.39 is 0 Å². The topological polar surface area (TPSA) is 72.5 Å². The molecule has 0 aliphatic rings. The van der Waals surface area contributed by atoms with Crippen LogP contribution >= 0.6 is 0 Å². The lowest BCUT2D eigenvalue weighted by molar-refractivity contribution is 0.503. The molecular weight excluding hydrogens is 334 g/mol. The van der Waals surface area contributed by atoms with Crippen molar-refractivity contribution in [2.24, 2.45) is 7.05 Å². The van der Waals surface area contributed by atoms with Crippen LogP contribution in [0.5, 0.6) is 0 Å². The van der Waals surface area contributed by atoms with Crippen molar-refractivity contribution in [3.63, 3.8) is 0 Å². The van der Waals surface area contributed by atoms with Crippen LogP contribution in [0.2, 0.25) is 0 Å². The Kier molecular flexibility index (Phi) is 3.98. The van der Waals surface area contributed by atoms with E-state index in [0.717, 1.165) is 28.8 Å². The quantitative estimate of drug-likeness (QED) is 0.554. The lowest BCUT2D eigenvalue weighted by atomic mass is 9.84. The van der Waals surface area contributed by atoms with Gasteiger partial charge in [0.1, 0.15) is 5.82 Å². The summed E-state index contributed by atoms with van der Waals surface area (Å²) in [6.45, 7) is 8.92. The van der Waals surface area contributed by atoms with Crippen LogP contribution in [0.25, 0.3) is 21.9 Å². The van der Waals surface area contributed by atoms with E-state index in [0.29, 0.717) is 11.7 Å². The Balaban J connectivity index is 1.69. The summed E-state index contributed by atoms with van der Waals surface area (Å²) in [4.78, 5) is 12.7. The molecule has 5 heteroatoms. The van der Waals surface area contributed by atoms with Crippen molar-refractivity contribution in [3.05, 3.63) is 53.6 Å². The van der Waals surface area contributed by atoms with Crippen molar-refractivity contribution in [3.8, 4) is 0 Å². The molecular formula is C22H27N5. The molecule has 0 spiro atoms. The molecule has 0 bridgehead atoms. The minimum Gasteiger partial charge on any atom is -0.384 e. The zero-order chi connectivity index (χ0) is 19.3. The summed E-state index contributed by atoms with van der Waals surface area (Å²) in [6.07, 6.45) is 2.84. The number of nitrogens with zero attached hydrogens (tertiary/aromatic N) is 3. The maximum Gasteiger partial charge on any atom is 0.124 e. The van der Waals surface area contributed by atoms with Crippen molar-refractivity contribution < 1.29 is 0 Å². The first kappa shape index (κ1) is 17.6. The van der Waals surface area contributed by atoms with Crippen molar-refractivity contribution in [2.75, 3.05) is 5.73 Å². The van der Waals surface area contributed by atoms with Gasteiger partial charge in [0.2, 0.25) is 0 Å². The van der Waals surface area contributed by atoms with E-state index in [1.807, 2.05) is 18.3 Å². The van der Waals surface area contributed by atoms with Gasteiger partial charge in [-0.25, -0.2) is 4.98 Å². The number of hydrogen-bond donors (Lipinski definition) is 2. The van der Waals surface area contributed by atoms with E-state index in [1.165, 1.54) is 16.6 Å². The third kappa shape index (κ3) is 3.07. The number of rotatable bonds is 4. The first-order valence-corrected chi connectivity index (χ1v) is 9.44. The molecule has 4 rings (SSSR count). The fourth-order valence-corrected chi connectivity index (χ4v) is 3.88. The SMILES string of the molecule is CC(C)c1cc2cnc(CC(C)(C)c3cc4nc(N)ccc4[nH]3)cc2n1C. The molecule has 4 aromatic heterocycles. The standard InChI is InChI=1S/C22H27N5/c1-13(2)18-8-14-12-24-15(9-19(14)27(18)5)11-22(3,4)20-10-17-16(25-20)6-7-21(23)26-17/h6-10,12-13,25H,11H2,1-5H3,(H2,23,26). The van der Waals surface area contributed by atoms with E-state index in [1.54, 1.807) is 0 Å². The molecule has 0 aliphatic heterocycles. The van der Waals surface area contributed by atoms with E-state index in [9.17, 15) is 0 Å². The van der Waals surface area contributed by atoms with E-state index in [4.69, 9.17) is 10.7 Å². The van der Waals surface area contributed by atoms with Gasteiger partial charge in [-0.1, -0.05) is 27.7 Å². The lowest BCUT2D eigenvalue weighted by Gasteiger charge is -2.23. The van der Waals surface area contributed by atoms with Gasteiger partial charge in [-0.05, 0) is 36.2 Å². The second kappa shape index (κ2) is 6.12. The summed E-state index contributed by atoms with van der Waals surface area (Å²) in [5, 5.41) is 1.20. The summed E-state index contributed by atoms with van der Waals surface area (Å²) in [6, 6.07) is 10.4. The molecule has 0 fully saturated rings. The number of nitrogen functional groups attached to an aromatic ring is 1. The number of anilines is 1. The van der Waals surface area contributed by atoms with Gasteiger partial charge in [0.25, 0.3) is 0 Å². The Bertz CT molecular complexity index is 1130. The predicted molar refractivity (Wildman–Crippen MR) is 112 cm³/mol. The number of nitrogens with one attached hydrogen (secondary N) is 1. The number of aromatic amines is 1. The van der Waals surface area contributed by atoms with Crippen LogP contribution in [0, 0.1) is 0 Å². The molecule has 0 aliphatic carbocycles. The Morgan fingerprint density at radius 2 is 1.96 bits per heavy atom. The van der Waals surface area contributed by atoms with Crippen LogP contribution in [-0.4, -0.2) is 19.5 Å². The molecule has 0 saturated carbocycles. The Morgan fingerprint density at radius 3 is 2.70 bits per heavy atom. The monoisotopic (exact) mass is 361 g/mol. The van der Waals surface area contributed by atoms with Gasteiger partial charge in [0, 0.05) is 47.5 Å². The average molecular weight is 361 g/mol. The highest BCUT2D eigenvalue weighted by Gasteiger charge is 2.25. The molecule has 0 amide bonds. The maximum absolute atomic E-state index is 5.82. The molecule has 0 atom stereocenters. The molecule has 0 radical (unpaired) electrons. The van der Waals surface area contributed by atoms with Crippen LogP contribution in [0.3, 0.4) is 0 Å². The van der Waals surface area contributed by atoms with Crippen molar-refractivity contribution in [1.82, 2.24) is 19.5 Å². The number of aryl methyl sites for hydroxylation is 1. The summed E-state index contributed by atoms with van der Waals surface area (Å²) in [5.41, 5.74) is 12.5. The van der Waals surface area contributed by atoms with E-state index >= 15 is 0 Å². The van der Waals surface area contributed by atoms with Gasteiger partial charge >= 0.3 is 0 Å². The highest BCUT2D eigenvalue weighted by atomic mass is 15.0. The van der Waals surface area contributed by atoms with Crippen molar-refractivity contribution in [2.45, 2.75) is 45.4 Å². The fourth-order valence-electron chi connectivity index (χ4n) is 3.88.